The topological polar surface area (TPSA) is 64.3 Å². The Morgan fingerprint density at radius 2 is 1.84 bits per heavy atom. The summed E-state index contributed by atoms with van der Waals surface area (Å²) in [5, 5.41) is 2.91. The van der Waals surface area contributed by atoms with Crippen molar-refractivity contribution in [2.45, 2.75) is 32.9 Å². The van der Waals surface area contributed by atoms with Gasteiger partial charge < -0.3 is 15.8 Å². The summed E-state index contributed by atoms with van der Waals surface area (Å²) in [6.45, 7) is 4.86. The standard InChI is InChI=1S/C15H24N2O2/c1-11(2)17-15(18)14(9-16)8-12-4-6-13(7-5-12)10-19-3/h4-7,11,14H,8-10,16H2,1-3H3,(H,17,18). The Bertz CT molecular complexity index is 388. The van der Waals surface area contributed by atoms with Crippen LogP contribution in [0.25, 0.3) is 0 Å². The Morgan fingerprint density at radius 3 is 2.32 bits per heavy atom. The minimum atomic E-state index is -0.171. The molecule has 1 atom stereocenters. The molecule has 0 aromatic heterocycles. The molecule has 0 aliphatic carbocycles. The summed E-state index contributed by atoms with van der Waals surface area (Å²) in [7, 11) is 1.68. The third kappa shape index (κ3) is 5.41. The zero-order valence-corrected chi connectivity index (χ0v) is 12.0. The maximum Gasteiger partial charge on any atom is 0.224 e. The number of rotatable bonds is 7. The first-order valence-corrected chi connectivity index (χ1v) is 6.64. The summed E-state index contributed by atoms with van der Waals surface area (Å²) in [6.07, 6.45) is 0.669. The number of nitrogens with two attached hydrogens (primary N) is 1. The van der Waals surface area contributed by atoms with Gasteiger partial charge in [0.2, 0.25) is 5.91 Å². The predicted molar refractivity (Wildman–Crippen MR) is 76.7 cm³/mol. The zero-order chi connectivity index (χ0) is 14.3. The van der Waals surface area contributed by atoms with Crippen molar-refractivity contribution in [3.8, 4) is 0 Å². The van der Waals surface area contributed by atoms with Crippen LogP contribution >= 0.6 is 0 Å². The average Bonchev–Trinajstić information content (AvgIpc) is 2.37. The van der Waals surface area contributed by atoms with E-state index >= 15 is 0 Å². The molecule has 1 aromatic carbocycles. The van der Waals surface area contributed by atoms with Crippen LogP contribution in [0.15, 0.2) is 24.3 Å². The maximum absolute atomic E-state index is 11.9. The van der Waals surface area contributed by atoms with E-state index in [0.717, 1.165) is 11.1 Å². The molecule has 0 saturated heterocycles. The van der Waals surface area contributed by atoms with Crippen LogP contribution in [0.5, 0.6) is 0 Å². The van der Waals surface area contributed by atoms with E-state index in [1.165, 1.54) is 0 Å². The van der Waals surface area contributed by atoms with Gasteiger partial charge in [-0.25, -0.2) is 0 Å². The van der Waals surface area contributed by atoms with Crippen molar-refractivity contribution in [3.05, 3.63) is 35.4 Å². The highest BCUT2D eigenvalue weighted by Crippen LogP contribution is 2.11. The van der Waals surface area contributed by atoms with Gasteiger partial charge in [-0.05, 0) is 31.4 Å². The van der Waals surface area contributed by atoms with E-state index in [0.29, 0.717) is 19.6 Å². The van der Waals surface area contributed by atoms with Crippen LogP contribution in [0.3, 0.4) is 0 Å². The number of amides is 1. The molecule has 0 saturated carbocycles. The van der Waals surface area contributed by atoms with E-state index < -0.39 is 0 Å². The molecular weight excluding hydrogens is 240 g/mol. The van der Waals surface area contributed by atoms with Gasteiger partial charge in [-0.3, -0.25) is 4.79 Å². The Kier molecular flexibility index (Phi) is 6.53. The van der Waals surface area contributed by atoms with Gasteiger partial charge in [0.05, 0.1) is 12.5 Å². The van der Waals surface area contributed by atoms with E-state index in [-0.39, 0.29) is 17.9 Å². The second-order valence-electron chi connectivity index (χ2n) is 5.05. The third-order valence-corrected chi connectivity index (χ3v) is 2.90. The Labute approximate surface area is 115 Å². The number of carbonyl (C=O) groups excluding carboxylic acids is 1. The highest BCUT2D eigenvalue weighted by atomic mass is 16.5. The van der Waals surface area contributed by atoms with Crippen molar-refractivity contribution < 1.29 is 9.53 Å². The predicted octanol–water partition coefficient (Wildman–Crippen LogP) is 1.48. The van der Waals surface area contributed by atoms with Gasteiger partial charge in [0, 0.05) is 19.7 Å². The van der Waals surface area contributed by atoms with Gasteiger partial charge in [0.15, 0.2) is 0 Å². The second-order valence-corrected chi connectivity index (χ2v) is 5.05. The van der Waals surface area contributed by atoms with Crippen LogP contribution in [-0.4, -0.2) is 25.6 Å². The molecule has 0 heterocycles. The van der Waals surface area contributed by atoms with Crippen LogP contribution in [0.1, 0.15) is 25.0 Å². The van der Waals surface area contributed by atoms with Crippen molar-refractivity contribution >= 4 is 5.91 Å². The highest BCUT2D eigenvalue weighted by molar-refractivity contribution is 5.79. The number of hydrogen-bond donors (Lipinski definition) is 2. The van der Waals surface area contributed by atoms with Crippen molar-refractivity contribution in [2.75, 3.05) is 13.7 Å². The number of nitrogens with one attached hydrogen (secondary N) is 1. The van der Waals surface area contributed by atoms with Crippen molar-refractivity contribution in [3.63, 3.8) is 0 Å². The van der Waals surface area contributed by atoms with Gasteiger partial charge in [0.1, 0.15) is 0 Å². The van der Waals surface area contributed by atoms with E-state index in [1.807, 2.05) is 38.1 Å². The fraction of sp³-hybridized carbons (Fsp3) is 0.533. The molecule has 0 aliphatic heterocycles. The fourth-order valence-corrected chi connectivity index (χ4v) is 1.91. The van der Waals surface area contributed by atoms with Crippen LogP contribution in [0, 0.1) is 5.92 Å². The van der Waals surface area contributed by atoms with Gasteiger partial charge in [-0.2, -0.15) is 0 Å². The van der Waals surface area contributed by atoms with Crippen LogP contribution in [-0.2, 0) is 22.6 Å². The molecular formula is C15H24N2O2. The first-order valence-electron chi connectivity index (χ1n) is 6.64. The number of benzene rings is 1. The number of ether oxygens (including phenoxy) is 1. The normalized spacial score (nSPS) is 12.5. The van der Waals surface area contributed by atoms with Crippen molar-refractivity contribution in [2.24, 2.45) is 11.7 Å². The lowest BCUT2D eigenvalue weighted by Gasteiger charge is -2.17. The fourth-order valence-electron chi connectivity index (χ4n) is 1.91. The molecule has 0 radical (unpaired) electrons. The molecule has 1 rings (SSSR count). The summed E-state index contributed by atoms with van der Waals surface area (Å²) < 4.78 is 5.07. The highest BCUT2D eigenvalue weighted by Gasteiger charge is 2.17. The summed E-state index contributed by atoms with van der Waals surface area (Å²) >= 11 is 0. The molecule has 0 bridgehead atoms. The van der Waals surface area contributed by atoms with Crippen LogP contribution in [0.4, 0.5) is 0 Å². The molecule has 19 heavy (non-hydrogen) atoms. The smallest absolute Gasteiger partial charge is 0.224 e. The van der Waals surface area contributed by atoms with E-state index in [1.54, 1.807) is 7.11 Å². The summed E-state index contributed by atoms with van der Waals surface area (Å²) in [5.74, 6) is -0.144. The Morgan fingerprint density at radius 1 is 1.26 bits per heavy atom. The molecule has 0 fully saturated rings. The largest absolute Gasteiger partial charge is 0.380 e. The number of hydrogen-bond acceptors (Lipinski definition) is 3. The first kappa shape index (κ1) is 15.7. The summed E-state index contributed by atoms with van der Waals surface area (Å²) in [5.41, 5.74) is 7.94. The summed E-state index contributed by atoms with van der Waals surface area (Å²) in [6, 6.07) is 8.24. The van der Waals surface area contributed by atoms with Crippen LogP contribution in [0.2, 0.25) is 0 Å². The molecule has 4 heteroatoms. The summed E-state index contributed by atoms with van der Waals surface area (Å²) in [4.78, 5) is 11.9. The monoisotopic (exact) mass is 264 g/mol. The van der Waals surface area contributed by atoms with E-state index in [9.17, 15) is 4.79 Å². The lowest BCUT2D eigenvalue weighted by Crippen LogP contribution is -2.39. The molecule has 3 N–H and O–H groups in total. The molecule has 1 amide bonds. The minimum absolute atomic E-state index is 0.0264. The van der Waals surface area contributed by atoms with Crippen LogP contribution < -0.4 is 11.1 Å². The zero-order valence-electron chi connectivity index (χ0n) is 12.0. The minimum Gasteiger partial charge on any atom is -0.380 e. The number of methoxy groups -OCH3 is 1. The molecule has 106 valence electrons. The third-order valence-electron chi connectivity index (χ3n) is 2.90. The quantitative estimate of drug-likeness (QED) is 0.784. The molecule has 1 unspecified atom stereocenters. The second kappa shape index (κ2) is 7.92. The van der Waals surface area contributed by atoms with Gasteiger partial charge in [-0.15, -0.1) is 0 Å². The molecule has 0 aliphatic rings. The van der Waals surface area contributed by atoms with Crippen molar-refractivity contribution in [1.82, 2.24) is 5.32 Å². The SMILES string of the molecule is COCc1ccc(CC(CN)C(=O)NC(C)C)cc1. The van der Waals surface area contributed by atoms with Gasteiger partial charge >= 0.3 is 0 Å². The lowest BCUT2D eigenvalue weighted by atomic mass is 9.97. The Balaban J connectivity index is 2.62. The maximum atomic E-state index is 11.9. The molecule has 4 nitrogen and oxygen atoms in total. The molecule has 1 aromatic rings. The number of carbonyl (C=O) groups is 1. The van der Waals surface area contributed by atoms with Crippen molar-refractivity contribution in [1.29, 1.82) is 0 Å². The lowest BCUT2D eigenvalue weighted by molar-refractivity contribution is -0.125. The first-order chi connectivity index (χ1) is 9.06. The van der Waals surface area contributed by atoms with E-state index in [2.05, 4.69) is 5.32 Å². The van der Waals surface area contributed by atoms with E-state index in [4.69, 9.17) is 10.5 Å². The Hall–Kier alpha value is -1.39. The average molecular weight is 264 g/mol. The van der Waals surface area contributed by atoms with Gasteiger partial charge in [-0.1, -0.05) is 24.3 Å². The molecule has 0 spiro atoms. The van der Waals surface area contributed by atoms with Gasteiger partial charge in [0.25, 0.3) is 0 Å².